The van der Waals surface area contributed by atoms with Crippen molar-refractivity contribution in [3.05, 3.63) is 56.8 Å². The Morgan fingerprint density at radius 3 is 2.72 bits per heavy atom. The van der Waals surface area contributed by atoms with Crippen molar-refractivity contribution in [1.29, 1.82) is 0 Å². The number of hydrogen-bond acceptors (Lipinski definition) is 3. The Morgan fingerprint density at radius 1 is 1.17 bits per heavy atom. The number of thiophene rings is 1. The average Bonchev–Trinajstić information content (AvgIpc) is 2.99. The van der Waals surface area contributed by atoms with Gasteiger partial charge in [0, 0.05) is 4.88 Å². The summed E-state index contributed by atoms with van der Waals surface area (Å²) >= 11 is 1.77. The fraction of sp³-hybridized carbons (Fsp3) is 0.333. The molecule has 0 saturated heterocycles. The Balaban J connectivity index is 1.96. The second kappa shape index (κ2) is 4.84. The van der Waals surface area contributed by atoms with Crippen LogP contribution in [0.15, 0.2) is 29.6 Å². The van der Waals surface area contributed by atoms with E-state index in [0.29, 0.717) is 0 Å². The number of fused-ring (bicyclic) bond motifs is 1. The first-order valence-corrected chi connectivity index (χ1v) is 7.29. The summed E-state index contributed by atoms with van der Waals surface area (Å²) in [6.07, 6.45) is 3.73. The fourth-order valence-electron chi connectivity index (χ4n) is 2.77. The van der Waals surface area contributed by atoms with Crippen molar-refractivity contribution in [1.82, 2.24) is 5.43 Å². The van der Waals surface area contributed by atoms with Crippen molar-refractivity contribution in [2.24, 2.45) is 5.84 Å². The van der Waals surface area contributed by atoms with Crippen LogP contribution in [0.3, 0.4) is 0 Å². The lowest BCUT2D eigenvalue weighted by Gasteiger charge is -2.16. The van der Waals surface area contributed by atoms with E-state index in [0.717, 1.165) is 0 Å². The Kier molecular flexibility index (Phi) is 3.20. The molecule has 94 valence electrons. The van der Waals surface area contributed by atoms with E-state index in [4.69, 9.17) is 5.84 Å². The van der Waals surface area contributed by atoms with Gasteiger partial charge in [-0.05, 0) is 59.9 Å². The van der Waals surface area contributed by atoms with Crippen molar-refractivity contribution >= 4 is 11.3 Å². The van der Waals surface area contributed by atoms with Gasteiger partial charge in [0.2, 0.25) is 0 Å². The zero-order valence-corrected chi connectivity index (χ0v) is 11.4. The Bertz CT molecular complexity index is 559. The van der Waals surface area contributed by atoms with E-state index in [-0.39, 0.29) is 6.04 Å². The van der Waals surface area contributed by atoms with E-state index >= 15 is 0 Å². The third-order valence-electron chi connectivity index (χ3n) is 3.71. The first-order chi connectivity index (χ1) is 8.78. The molecule has 2 nitrogen and oxygen atoms in total. The molecule has 1 aliphatic rings. The highest BCUT2D eigenvalue weighted by molar-refractivity contribution is 7.10. The first-order valence-electron chi connectivity index (χ1n) is 6.41. The largest absolute Gasteiger partial charge is 0.271 e. The molecule has 18 heavy (non-hydrogen) atoms. The maximum absolute atomic E-state index is 5.75. The van der Waals surface area contributed by atoms with Crippen LogP contribution in [0.4, 0.5) is 0 Å². The van der Waals surface area contributed by atoms with Crippen LogP contribution < -0.4 is 11.3 Å². The highest BCUT2D eigenvalue weighted by atomic mass is 32.1. The molecule has 0 fully saturated rings. The summed E-state index contributed by atoms with van der Waals surface area (Å²) in [6, 6.07) is 9.12. The summed E-state index contributed by atoms with van der Waals surface area (Å²) in [7, 11) is 0. The summed E-state index contributed by atoms with van der Waals surface area (Å²) in [6.45, 7) is 2.13. The van der Waals surface area contributed by atoms with Gasteiger partial charge in [-0.25, -0.2) is 5.43 Å². The third-order valence-corrected chi connectivity index (χ3v) is 4.59. The molecule has 1 aromatic carbocycles. The number of rotatable bonds is 3. The van der Waals surface area contributed by atoms with Gasteiger partial charge in [0.05, 0.1) is 6.04 Å². The summed E-state index contributed by atoms with van der Waals surface area (Å²) < 4.78 is 0. The number of aryl methyl sites for hydroxylation is 3. The number of benzene rings is 1. The number of hydrogen-bond donors (Lipinski definition) is 2. The highest BCUT2D eigenvalue weighted by Crippen LogP contribution is 2.29. The zero-order valence-electron chi connectivity index (χ0n) is 10.6. The monoisotopic (exact) mass is 258 g/mol. The average molecular weight is 258 g/mol. The molecule has 3 rings (SSSR count). The Hall–Kier alpha value is -1.16. The van der Waals surface area contributed by atoms with E-state index in [1.54, 1.807) is 11.3 Å². The van der Waals surface area contributed by atoms with E-state index < -0.39 is 0 Å². The van der Waals surface area contributed by atoms with Crippen LogP contribution in [0.5, 0.6) is 0 Å². The lowest BCUT2D eigenvalue weighted by molar-refractivity contribution is 0.638. The van der Waals surface area contributed by atoms with Crippen molar-refractivity contribution in [2.45, 2.75) is 32.2 Å². The molecule has 0 amide bonds. The number of nitrogens with one attached hydrogen (secondary N) is 1. The number of nitrogens with two attached hydrogens (primary N) is 1. The lowest BCUT2D eigenvalue weighted by Crippen LogP contribution is -2.28. The van der Waals surface area contributed by atoms with Crippen molar-refractivity contribution in [3.63, 3.8) is 0 Å². The minimum atomic E-state index is 0.112. The minimum absolute atomic E-state index is 0.112. The minimum Gasteiger partial charge on any atom is -0.271 e. The number of hydrazine groups is 1. The van der Waals surface area contributed by atoms with Gasteiger partial charge in [0.1, 0.15) is 0 Å². The molecule has 2 aromatic rings. The quantitative estimate of drug-likeness (QED) is 0.656. The second-order valence-corrected chi connectivity index (χ2v) is 6.09. The van der Waals surface area contributed by atoms with Crippen LogP contribution in [0.25, 0.3) is 0 Å². The molecule has 1 heterocycles. The highest BCUT2D eigenvalue weighted by Gasteiger charge is 2.17. The molecule has 3 N–H and O–H groups in total. The smallest absolute Gasteiger partial charge is 0.0718 e. The van der Waals surface area contributed by atoms with Gasteiger partial charge in [-0.2, -0.15) is 0 Å². The van der Waals surface area contributed by atoms with Crippen LogP contribution in [-0.2, 0) is 12.8 Å². The first kappa shape index (κ1) is 11.9. The normalized spacial score (nSPS) is 15.7. The van der Waals surface area contributed by atoms with E-state index in [1.807, 2.05) is 0 Å². The van der Waals surface area contributed by atoms with Gasteiger partial charge < -0.3 is 0 Å². The molecule has 1 unspecified atom stereocenters. The molecule has 1 atom stereocenters. The van der Waals surface area contributed by atoms with Gasteiger partial charge in [-0.15, -0.1) is 11.3 Å². The van der Waals surface area contributed by atoms with E-state index in [1.165, 1.54) is 46.4 Å². The summed E-state index contributed by atoms with van der Waals surface area (Å²) in [4.78, 5) is 1.33. The second-order valence-electron chi connectivity index (χ2n) is 4.97. The molecule has 1 aromatic heterocycles. The molecule has 1 aliphatic carbocycles. The maximum atomic E-state index is 5.75. The summed E-state index contributed by atoms with van der Waals surface area (Å²) in [5, 5.41) is 2.19. The van der Waals surface area contributed by atoms with Crippen molar-refractivity contribution < 1.29 is 0 Å². The molecule has 0 bridgehead atoms. The lowest BCUT2D eigenvalue weighted by atomic mass is 9.98. The Morgan fingerprint density at radius 2 is 2.00 bits per heavy atom. The van der Waals surface area contributed by atoms with Gasteiger partial charge in [-0.1, -0.05) is 18.2 Å². The van der Waals surface area contributed by atoms with Crippen LogP contribution in [-0.4, -0.2) is 0 Å². The van der Waals surface area contributed by atoms with Gasteiger partial charge in [0.15, 0.2) is 0 Å². The van der Waals surface area contributed by atoms with Crippen LogP contribution >= 0.6 is 11.3 Å². The van der Waals surface area contributed by atoms with Crippen molar-refractivity contribution in [3.8, 4) is 0 Å². The SMILES string of the molecule is Cc1cc(C(NN)c2ccc3c(c2)CCC3)cs1. The fourth-order valence-corrected chi connectivity index (χ4v) is 3.50. The predicted molar refractivity (Wildman–Crippen MR) is 76.7 cm³/mol. The molecule has 0 radical (unpaired) electrons. The van der Waals surface area contributed by atoms with Gasteiger partial charge >= 0.3 is 0 Å². The van der Waals surface area contributed by atoms with Gasteiger partial charge in [-0.3, -0.25) is 5.84 Å². The molecule has 0 aliphatic heterocycles. The molecule has 0 saturated carbocycles. The third kappa shape index (κ3) is 2.09. The topological polar surface area (TPSA) is 38.0 Å². The van der Waals surface area contributed by atoms with E-state index in [9.17, 15) is 0 Å². The summed E-state index contributed by atoms with van der Waals surface area (Å²) in [5.41, 5.74) is 8.49. The molecular formula is C15H18N2S. The Labute approximate surface area is 112 Å². The van der Waals surface area contributed by atoms with Crippen LogP contribution in [0, 0.1) is 6.92 Å². The maximum Gasteiger partial charge on any atom is 0.0718 e. The van der Waals surface area contributed by atoms with Crippen LogP contribution in [0.2, 0.25) is 0 Å². The molecule has 3 heteroatoms. The predicted octanol–water partition coefficient (Wildman–Crippen LogP) is 3.10. The standard InChI is InChI=1S/C15H18N2S/c1-10-7-14(9-18-10)15(17-16)13-6-5-11-3-2-4-12(11)8-13/h5-9,15,17H,2-4,16H2,1H3. The van der Waals surface area contributed by atoms with E-state index in [2.05, 4.69) is 42.0 Å². The van der Waals surface area contributed by atoms with Crippen molar-refractivity contribution in [2.75, 3.05) is 0 Å². The van der Waals surface area contributed by atoms with Gasteiger partial charge in [0.25, 0.3) is 0 Å². The molecular weight excluding hydrogens is 240 g/mol. The molecule has 0 spiro atoms. The summed E-state index contributed by atoms with van der Waals surface area (Å²) in [5.74, 6) is 5.75. The van der Waals surface area contributed by atoms with Crippen LogP contribution in [0.1, 0.15) is 39.6 Å². The zero-order chi connectivity index (χ0) is 12.5.